The second-order valence-corrected chi connectivity index (χ2v) is 16.0. The number of para-hydroxylation sites is 1. The minimum atomic E-state index is -4.73. The fourth-order valence-corrected chi connectivity index (χ4v) is 9.35. The molecule has 5 aromatic rings. The molecule has 14 nitrogen and oxygen atoms in total. The molecule has 0 radical (unpaired) electrons. The summed E-state index contributed by atoms with van der Waals surface area (Å²) in [5.74, 6) is -0.320. The van der Waals surface area contributed by atoms with Crippen LogP contribution in [0.2, 0.25) is 0 Å². The molecule has 0 spiro atoms. The monoisotopic (exact) mass is 801 g/mol. The number of aromatic nitrogens is 6. The van der Waals surface area contributed by atoms with Crippen LogP contribution in [0.5, 0.6) is 5.75 Å². The number of carbonyl (C=O) groups is 3. The summed E-state index contributed by atoms with van der Waals surface area (Å²) in [5, 5.41) is 17.1. The van der Waals surface area contributed by atoms with Crippen LogP contribution in [0.15, 0.2) is 53.6 Å². The summed E-state index contributed by atoms with van der Waals surface area (Å²) in [7, 11) is 5.44. The molecule has 0 bridgehead atoms. The Kier molecular flexibility index (Phi) is 10.6. The maximum absolute atomic E-state index is 13.5. The van der Waals surface area contributed by atoms with E-state index >= 15 is 0 Å². The van der Waals surface area contributed by atoms with Gasteiger partial charge in [0, 0.05) is 43.7 Å². The van der Waals surface area contributed by atoms with E-state index in [1.807, 2.05) is 23.0 Å². The molecular weight excluding hydrogens is 756 g/mol. The summed E-state index contributed by atoms with van der Waals surface area (Å²) in [6.45, 7) is 1.01. The number of aryl methyl sites for hydroxylation is 1. The minimum Gasteiger partial charge on any atom is -0.494 e. The van der Waals surface area contributed by atoms with E-state index in [0.717, 1.165) is 86.1 Å². The highest BCUT2D eigenvalue weighted by molar-refractivity contribution is 6.06. The van der Waals surface area contributed by atoms with Crippen LogP contribution in [0.4, 0.5) is 18.9 Å². The minimum absolute atomic E-state index is 0.206. The number of hydrogen-bond acceptors (Lipinski definition) is 9. The van der Waals surface area contributed by atoms with Crippen LogP contribution in [0.25, 0.3) is 21.9 Å². The molecule has 1 unspecified atom stereocenters. The first kappa shape index (κ1) is 39.3. The van der Waals surface area contributed by atoms with Crippen molar-refractivity contribution in [2.75, 3.05) is 26.0 Å². The molecule has 4 heterocycles. The number of carbonyl (C=O) groups excluding carboxylic acids is 3. The summed E-state index contributed by atoms with van der Waals surface area (Å²) in [6, 6.07) is 10.0. The van der Waals surface area contributed by atoms with Gasteiger partial charge < -0.3 is 15.0 Å². The normalized spacial score (nSPS) is 23.1. The van der Waals surface area contributed by atoms with Crippen molar-refractivity contribution in [1.82, 2.24) is 39.3 Å². The van der Waals surface area contributed by atoms with Gasteiger partial charge in [-0.05, 0) is 100 Å². The van der Waals surface area contributed by atoms with Gasteiger partial charge in [-0.25, -0.2) is 4.79 Å². The van der Waals surface area contributed by atoms with Gasteiger partial charge in [-0.15, -0.1) is 5.10 Å². The number of alkyl halides is 3. The largest absolute Gasteiger partial charge is 0.494 e. The fraction of sp³-hybridized carbons (Fsp3) is 0.488. The lowest BCUT2D eigenvalue weighted by Gasteiger charge is -2.38. The van der Waals surface area contributed by atoms with Gasteiger partial charge in [0.15, 0.2) is 5.69 Å². The number of nitrogens with zero attached hydrogens (tertiary/aromatic N) is 7. The topological polar surface area (TPSA) is 158 Å². The molecule has 2 N–H and O–H groups in total. The predicted molar refractivity (Wildman–Crippen MR) is 208 cm³/mol. The summed E-state index contributed by atoms with van der Waals surface area (Å²) >= 11 is 0. The third kappa shape index (κ3) is 7.58. The smallest absolute Gasteiger partial charge is 0.435 e. The summed E-state index contributed by atoms with van der Waals surface area (Å²) < 4.78 is 50.1. The van der Waals surface area contributed by atoms with Crippen molar-refractivity contribution < 1.29 is 32.3 Å². The Bertz CT molecular complexity index is 2440. The Morgan fingerprint density at radius 1 is 1.02 bits per heavy atom. The van der Waals surface area contributed by atoms with Crippen molar-refractivity contribution in [2.45, 2.75) is 94.4 Å². The van der Waals surface area contributed by atoms with Crippen LogP contribution in [0.3, 0.4) is 0 Å². The maximum atomic E-state index is 13.5. The summed E-state index contributed by atoms with van der Waals surface area (Å²) in [4.78, 5) is 53.4. The molecule has 8 rings (SSSR count). The molecule has 17 heteroatoms. The molecule has 3 aromatic heterocycles. The molecule has 3 fully saturated rings. The Morgan fingerprint density at radius 2 is 1.78 bits per heavy atom. The number of nitrogens with one attached hydrogen (secondary N) is 2. The standard InChI is InChI=1S/C41H46F3N9O5/c1-50(27-13-9-24(10-14-27)29-5-4-6-32-37(29)51(2)40(57)53(32)33-15-16-36(54)47-39(33)56)21-23-7-11-28(12-8-23)52-22-26-17-31(34(58-3)19-30(26)49-52)46-38(55)25-18-35(41(42,43)44)48-45-20-25/h4-6,17-20,22-24,27-28,33H,7-16,21H2,1-3H3,(H,46,55)(H,47,54,56). The number of rotatable bonds is 9. The van der Waals surface area contributed by atoms with Crippen molar-refractivity contribution in [2.24, 2.45) is 13.0 Å². The molecule has 2 aliphatic carbocycles. The number of methoxy groups -OCH3 is 1. The first-order valence-electron chi connectivity index (χ1n) is 19.8. The summed E-state index contributed by atoms with van der Waals surface area (Å²) in [6.07, 6.45) is 6.87. The quantitative estimate of drug-likeness (QED) is 0.168. The Balaban J connectivity index is 0.866. The van der Waals surface area contributed by atoms with Gasteiger partial charge in [0.25, 0.3) is 5.91 Å². The van der Waals surface area contributed by atoms with Crippen LogP contribution < -0.4 is 21.1 Å². The zero-order valence-corrected chi connectivity index (χ0v) is 32.6. The van der Waals surface area contributed by atoms with E-state index < -0.39 is 29.7 Å². The number of piperidine rings is 1. The van der Waals surface area contributed by atoms with Gasteiger partial charge >= 0.3 is 11.9 Å². The van der Waals surface area contributed by atoms with Crippen molar-refractivity contribution in [3.05, 3.63) is 76.1 Å². The average Bonchev–Trinajstić information content (AvgIpc) is 3.74. The molecule has 1 saturated heterocycles. The zero-order valence-electron chi connectivity index (χ0n) is 32.6. The highest BCUT2D eigenvalue weighted by Crippen LogP contribution is 2.40. The number of imide groups is 1. The van der Waals surface area contributed by atoms with Gasteiger partial charge in [0.1, 0.15) is 11.8 Å². The van der Waals surface area contributed by atoms with Crippen molar-refractivity contribution in [1.29, 1.82) is 0 Å². The first-order valence-corrected chi connectivity index (χ1v) is 19.8. The molecule has 3 aliphatic rings. The van der Waals surface area contributed by atoms with Crippen LogP contribution >= 0.6 is 0 Å². The Morgan fingerprint density at radius 3 is 2.48 bits per heavy atom. The highest BCUT2D eigenvalue weighted by atomic mass is 19.4. The molecule has 2 saturated carbocycles. The van der Waals surface area contributed by atoms with E-state index in [1.54, 1.807) is 28.3 Å². The van der Waals surface area contributed by atoms with Crippen molar-refractivity contribution in [3.63, 3.8) is 0 Å². The third-order valence-corrected chi connectivity index (χ3v) is 12.5. The van der Waals surface area contributed by atoms with Crippen LogP contribution in [0, 0.1) is 5.92 Å². The molecule has 2 aromatic carbocycles. The number of hydrogen-bond donors (Lipinski definition) is 2. The zero-order chi connectivity index (χ0) is 40.9. The van der Waals surface area contributed by atoms with E-state index in [0.29, 0.717) is 47.3 Å². The van der Waals surface area contributed by atoms with E-state index in [-0.39, 0.29) is 29.6 Å². The second kappa shape index (κ2) is 15.6. The van der Waals surface area contributed by atoms with Gasteiger partial charge in [0.05, 0.1) is 47.1 Å². The Hall–Kier alpha value is -5.58. The highest BCUT2D eigenvalue weighted by Gasteiger charge is 2.35. The summed E-state index contributed by atoms with van der Waals surface area (Å²) in [5.41, 5.74) is 1.95. The number of halogens is 3. The molecule has 58 heavy (non-hydrogen) atoms. The number of benzene rings is 2. The first-order chi connectivity index (χ1) is 27.8. The van der Waals surface area contributed by atoms with Crippen LogP contribution in [-0.2, 0) is 22.8 Å². The van der Waals surface area contributed by atoms with E-state index in [2.05, 4.69) is 38.8 Å². The van der Waals surface area contributed by atoms with E-state index in [9.17, 15) is 32.3 Å². The number of fused-ring (bicyclic) bond motifs is 2. The lowest BCUT2D eigenvalue weighted by molar-refractivity contribution is -0.142. The molecule has 306 valence electrons. The number of amides is 3. The average molecular weight is 802 g/mol. The van der Waals surface area contributed by atoms with Gasteiger partial charge in [0.2, 0.25) is 11.8 Å². The Labute approximate surface area is 331 Å². The van der Waals surface area contributed by atoms with Gasteiger partial charge in [-0.2, -0.15) is 23.4 Å². The van der Waals surface area contributed by atoms with E-state index in [4.69, 9.17) is 9.84 Å². The fourth-order valence-electron chi connectivity index (χ4n) is 9.35. The van der Waals surface area contributed by atoms with E-state index in [1.165, 1.54) is 7.11 Å². The SMILES string of the molecule is COc1cc2nn(C3CCC(CN(C)C4CCC(c5cccc6c5n(C)c(=O)n6C5CCC(=O)NC5=O)CC4)CC3)cc2cc1NC(=O)c1cnnc(C(F)(F)F)c1. The number of anilines is 1. The molecule has 1 atom stereocenters. The lowest BCUT2D eigenvalue weighted by atomic mass is 9.80. The predicted octanol–water partition coefficient (Wildman–Crippen LogP) is 6.13. The van der Waals surface area contributed by atoms with Crippen molar-refractivity contribution in [3.8, 4) is 5.75 Å². The van der Waals surface area contributed by atoms with Crippen LogP contribution in [-0.4, -0.2) is 78.5 Å². The number of ether oxygens (including phenoxy) is 1. The maximum Gasteiger partial charge on any atom is 0.435 e. The lowest BCUT2D eigenvalue weighted by Crippen LogP contribution is -2.44. The molecular formula is C41H46F3N9O5. The van der Waals surface area contributed by atoms with Gasteiger partial charge in [-0.3, -0.25) is 33.5 Å². The van der Waals surface area contributed by atoms with Crippen LogP contribution in [0.1, 0.15) is 104 Å². The number of imidazole rings is 1. The molecule has 3 amide bonds. The van der Waals surface area contributed by atoms with Crippen molar-refractivity contribution >= 4 is 45.3 Å². The third-order valence-electron chi connectivity index (χ3n) is 12.5. The van der Waals surface area contributed by atoms with Gasteiger partial charge in [-0.1, -0.05) is 12.1 Å². The second-order valence-electron chi connectivity index (χ2n) is 16.0. The molecule has 1 aliphatic heterocycles.